The van der Waals surface area contributed by atoms with Gasteiger partial charge in [0, 0.05) is 13.0 Å². The largest absolute Gasteiger partial charge is 0.477 e. The van der Waals surface area contributed by atoms with Gasteiger partial charge in [0.25, 0.3) is 5.79 Å². The molecule has 13 nitrogen and oxygen atoms in total. The van der Waals surface area contributed by atoms with Crippen LogP contribution in [0.2, 0.25) is 0 Å². The summed E-state index contributed by atoms with van der Waals surface area (Å²) < 4.78 is 37.1. The van der Waals surface area contributed by atoms with Crippen LogP contribution in [0.25, 0.3) is 11.1 Å². The van der Waals surface area contributed by atoms with E-state index in [4.69, 9.17) is 25.4 Å². The second kappa shape index (κ2) is 18.3. The molecule has 0 spiro atoms. The molecular weight excluding hydrogens is 607 g/mol. The fourth-order valence-electron chi connectivity index (χ4n) is 4.79. The number of hydrogen-bond donors (Lipinski definition) is 6. The maximum atomic E-state index is 15.8. The number of halogens is 1. The molecule has 0 aliphatic carbocycles. The molecule has 0 saturated carbocycles. The Morgan fingerprint density at radius 1 is 1.02 bits per heavy atom. The molecule has 2 aromatic carbocycles. The lowest BCUT2D eigenvalue weighted by molar-refractivity contribution is -0.307. The third-order valence-corrected chi connectivity index (χ3v) is 7.11. The number of aliphatic hydroxyl groups excluding tert-OH is 3. The highest BCUT2D eigenvalue weighted by molar-refractivity contribution is 5.79. The summed E-state index contributed by atoms with van der Waals surface area (Å²) in [6, 6.07) is 15.3. The van der Waals surface area contributed by atoms with Gasteiger partial charge in [0.2, 0.25) is 11.8 Å². The van der Waals surface area contributed by atoms with Crippen LogP contribution in [0, 0.1) is 12.3 Å². The molecule has 3 rings (SSSR count). The number of alkyl halides is 1. The number of nitrogens with one attached hydrogen (secondary N) is 2. The van der Waals surface area contributed by atoms with E-state index in [0.717, 1.165) is 11.1 Å². The summed E-state index contributed by atoms with van der Waals surface area (Å²) >= 11 is 0. The Morgan fingerprint density at radius 2 is 1.67 bits per heavy atom. The summed E-state index contributed by atoms with van der Waals surface area (Å²) in [5.74, 6) is -3.52. The van der Waals surface area contributed by atoms with Gasteiger partial charge in [0.1, 0.15) is 25.4 Å². The third-order valence-electron chi connectivity index (χ3n) is 7.11. The molecule has 1 aliphatic heterocycles. The number of aliphatic hydroxyl groups is 3. The number of hydrogen-bond acceptors (Lipinski definition) is 10. The third kappa shape index (κ3) is 10.6. The Labute approximate surface area is 265 Å². The first-order chi connectivity index (χ1) is 22.1. The van der Waals surface area contributed by atoms with Crippen LogP contribution in [-0.2, 0) is 39.8 Å². The first-order valence-electron chi connectivity index (χ1n) is 14.6. The number of carbonyl (C=O) groups is 3. The predicted octanol–water partition coefficient (Wildman–Crippen LogP) is -0.198. The minimum atomic E-state index is -2.58. The molecule has 14 heteroatoms. The summed E-state index contributed by atoms with van der Waals surface area (Å²) in [4.78, 5) is 36.8. The summed E-state index contributed by atoms with van der Waals surface area (Å²) in [6.45, 7) is -1.70. The van der Waals surface area contributed by atoms with Gasteiger partial charge < -0.3 is 50.0 Å². The van der Waals surface area contributed by atoms with Crippen molar-refractivity contribution in [1.82, 2.24) is 10.6 Å². The van der Waals surface area contributed by atoms with Crippen molar-refractivity contribution in [3.8, 4) is 23.5 Å². The van der Waals surface area contributed by atoms with Gasteiger partial charge in [-0.3, -0.25) is 9.59 Å². The summed E-state index contributed by atoms with van der Waals surface area (Å²) in [5.41, 5.74) is 2.63. The van der Waals surface area contributed by atoms with E-state index in [9.17, 15) is 34.8 Å². The van der Waals surface area contributed by atoms with Gasteiger partial charge in [-0.05, 0) is 16.7 Å². The van der Waals surface area contributed by atoms with Crippen LogP contribution < -0.4 is 10.6 Å². The molecule has 2 amide bonds. The molecule has 0 unspecified atom stereocenters. The molecule has 1 aliphatic rings. The number of ether oxygens (including phenoxy) is 4. The van der Waals surface area contributed by atoms with Gasteiger partial charge in [-0.1, -0.05) is 60.5 Å². The Bertz CT molecular complexity index is 1310. The van der Waals surface area contributed by atoms with E-state index in [1.165, 1.54) is 0 Å². The zero-order valence-electron chi connectivity index (χ0n) is 25.0. The minimum Gasteiger partial charge on any atom is -0.477 e. The molecule has 1 saturated heterocycles. The smallest absolute Gasteiger partial charge is 0.364 e. The number of terminal acetylenes is 1. The Kier molecular flexibility index (Phi) is 14.5. The highest BCUT2D eigenvalue weighted by Crippen LogP contribution is 2.34. The molecule has 1 heterocycles. The molecule has 0 bridgehead atoms. The number of benzene rings is 2. The predicted molar refractivity (Wildman–Crippen MR) is 161 cm³/mol. The van der Waals surface area contributed by atoms with Crippen molar-refractivity contribution in [2.75, 3.05) is 46.2 Å². The molecule has 6 atom stereocenters. The zero-order valence-corrected chi connectivity index (χ0v) is 25.0. The zero-order chi connectivity index (χ0) is 33.5. The Hall–Kier alpha value is -3.94. The minimum absolute atomic E-state index is 0.0688. The first-order valence-corrected chi connectivity index (χ1v) is 14.6. The summed E-state index contributed by atoms with van der Waals surface area (Å²) in [6.07, 6.45) is -3.81. The molecular formula is C32H39FN2O11. The van der Waals surface area contributed by atoms with Crippen molar-refractivity contribution >= 4 is 17.8 Å². The molecule has 250 valence electrons. The highest BCUT2D eigenvalue weighted by Gasteiger charge is 2.56. The lowest BCUT2D eigenvalue weighted by Gasteiger charge is -2.46. The van der Waals surface area contributed by atoms with Crippen LogP contribution in [0.4, 0.5) is 4.39 Å². The first kappa shape index (κ1) is 36.5. The normalized spacial score (nSPS) is 22.3. The van der Waals surface area contributed by atoms with Gasteiger partial charge in [0.15, 0.2) is 6.17 Å². The number of carboxylic acids is 1. The SMILES string of the molecule is C#CCOCCOCCO[C@]1(C(=O)O)C[C@H](O)[C@@H](NC(=O)CO)[C@H]([C@@H](F)[C@H](O)CNC(=O)Cc2ccc(-c3ccccc3)cc2)O1. The van der Waals surface area contributed by atoms with E-state index < -0.39 is 73.7 Å². The fraction of sp³-hybridized carbons (Fsp3) is 0.469. The second-order valence-electron chi connectivity index (χ2n) is 10.4. The van der Waals surface area contributed by atoms with Crippen molar-refractivity contribution in [3.05, 3.63) is 60.2 Å². The highest BCUT2D eigenvalue weighted by atomic mass is 19.1. The van der Waals surface area contributed by atoms with E-state index in [1.807, 2.05) is 42.5 Å². The standard InChI is InChI=1S/C32H39FN2O11/c1-2-12-43-13-14-44-15-16-45-32(31(41)42)18-24(37)29(35-27(40)20-36)30(46-32)28(33)25(38)19-34-26(39)17-21-8-10-23(11-9-21)22-6-4-3-5-7-22/h1,3-11,24-25,28-30,36-38H,12-20H2,(H,34,39)(H,35,40)(H,41,42)/t24-,25+,28-,29+,30-,32+/m0/s1. The van der Waals surface area contributed by atoms with Crippen LogP contribution in [-0.4, -0.2) is 121 Å². The Morgan fingerprint density at radius 3 is 2.33 bits per heavy atom. The molecule has 0 radical (unpaired) electrons. The van der Waals surface area contributed by atoms with Crippen LogP contribution in [0.1, 0.15) is 12.0 Å². The van der Waals surface area contributed by atoms with Gasteiger partial charge in [-0.25, -0.2) is 9.18 Å². The van der Waals surface area contributed by atoms with Gasteiger partial charge >= 0.3 is 5.97 Å². The van der Waals surface area contributed by atoms with E-state index in [-0.39, 0.29) is 39.5 Å². The van der Waals surface area contributed by atoms with Crippen LogP contribution >= 0.6 is 0 Å². The maximum Gasteiger partial charge on any atom is 0.364 e. The van der Waals surface area contributed by atoms with Crippen molar-refractivity contribution < 1.29 is 58.1 Å². The number of amides is 2. The molecule has 6 N–H and O–H groups in total. The number of carbonyl (C=O) groups excluding carboxylic acids is 2. The van der Waals surface area contributed by atoms with E-state index in [1.54, 1.807) is 12.1 Å². The average molecular weight is 647 g/mol. The summed E-state index contributed by atoms with van der Waals surface area (Å²) in [7, 11) is 0. The average Bonchev–Trinajstić information content (AvgIpc) is 3.06. The van der Waals surface area contributed by atoms with Crippen LogP contribution in [0.5, 0.6) is 0 Å². The lowest BCUT2D eigenvalue weighted by Crippen LogP contribution is -2.67. The van der Waals surface area contributed by atoms with Crippen LogP contribution in [0.3, 0.4) is 0 Å². The number of carboxylic acid groups (broad SMARTS) is 1. The van der Waals surface area contributed by atoms with E-state index in [0.29, 0.717) is 5.56 Å². The van der Waals surface area contributed by atoms with Gasteiger partial charge in [-0.15, -0.1) is 6.42 Å². The van der Waals surface area contributed by atoms with Gasteiger partial charge in [-0.2, -0.15) is 0 Å². The van der Waals surface area contributed by atoms with Crippen molar-refractivity contribution in [3.63, 3.8) is 0 Å². The van der Waals surface area contributed by atoms with Gasteiger partial charge in [0.05, 0.1) is 45.0 Å². The monoisotopic (exact) mass is 646 g/mol. The summed E-state index contributed by atoms with van der Waals surface area (Å²) in [5, 5.41) is 45.2. The molecule has 1 fully saturated rings. The quantitative estimate of drug-likeness (QED) is 0.0929. The Balaban J connectivity index is 1.62. The van der Waals surface area contributed by atoms with Crippen molar-refractivity contribution in [1.29, 1.82) is 0 Å². The lowest BCUT2D eigenvalue weighted by atomic mass is 9.89. The van der Waals surface area contributed by atoms with Crippen molar-refractivity contribution in [2.45, 2.75) is 49.2 Å². The van der Waals surface area contributed by atoms with Crippen molar-refractivity contribution in [2.24, 2.45) is 0 Å². The number of aliphatic carboxylic acids is 1. The molecule has 0 aromatic heterocycles. The van der Waals surface area contributed by atoms with E-state index >= 15 is 4.39 Å². The maximum absolute atomic E-state index is 15.8. The fourth-order valence-corrected chi connectivity index (χ4v) is 4.79. The molecule has 46 heavy (non-hydrogen) atoms. The second-order valence-corrected chi connectivity index (χ2v) is 10.4. The topological polar surface area (TPSA) is 193 Å². The van der Waals surface area contributed by atoms with Crippen LogP contribution in [0.15, 0.2) is 54.6 Å². The number of rotatable bonds is 18. The molecule has 2 aromatic rings. The van der Waals surface area contributed by atoms with E-state index in [2.05, 4.69) is 16.6 Å².